The van der Waals surface area contributed by atoms with Crippen molar-refractivity contribution in [3.8, 4) is 0 Å². The van der Waals surface area contributed by atoms with Gasteiger partial charge in [0.05, 0.1) is 6.04 Å². The highest BCUT2D eigenvalue weighted by Gasteiger charge is 2.29. The van der Waals surface area contributed by atoms with Gasteiger partial charge in [0, 0.05) is 32.1 Å². The van der Waals surface area contributed by atoms with Crippen LogP contribution in [0.4, 0.5) is 0 Å². The van der Waals surface area contributed by atoms with E-state index in [-0.39, 0.29) is 11.8 Å². The Kier molecular flexibility index (Phi) is 16.5. The molecule has 0 spiro atoms. The second-order valence-corrected chi connectivity index (χ2v) is 10.7. The van der Waals surface area contributed by atoms with Crippen LogP contribution in [0.2, 0.25) is 0 Å². The standard InChI is InChI=1S/C30H51ClN2O/c1-25(2)12-9-13-26(3)14-10-15-27(4)16-11-17-28(5)18-21-32-22-23-33(20-8-7-19-31)30(24-32)29(6)34/h12,14,16,18,30H,7-11,13,15,17,19-24H2,1-6H3/b26-14+,27-16+,28-18+. The first-order chi connectivity index (χ1) is 16.2. The molecule has 0 radical (unpaired) electrons. The van der Waals surface area contributed by atoms with Crippen LogP contribution in [0.25, 0.3) is 0 Å². The zero-order chi connectivity index (χ0) is 25.3. The quantitative estimate of drug-likeness (QED) is 0.126. The lowest BCUT2D eigenvalue weighted by Crippen LogP contribution is -2.56. The van der Waals surface area contributed by atoms with Gasteiger partial charge in [0.15, 0.2) is 0 Å². The van der Waals surface area contributed by atoms with Crippen LogP contribution < -0.4 is 0 Å². The van der Waals surface area contributed by atoms with Crippen molar-refractivity contribution in [3.05, 3.63) is 46.6 Å². The first-order valence-electron chi connectivity index (χ1n) is 13.4. The fraction of sp³-hybridized carbons (Fsp3) is 0.700. The number of unbranched alkanes of at least 4 members (excludes halogenated alkanes) is 1. The summed E-state index contributed by atoms with van der Waals surface area (Å²) in [6.07, 6.45) is 18.5. The summed E-state index contributed by atoms with van der Waals surface area (Å²) in [6, 6.07) is 0.0354. The molecular formula is C30H51ClN2O. The summed E-state index contributed by atoms with van der Waals surface area (Å²) in [6.45, 7) is 17.6. The summed E-state index contributed by atoms with van der Waals surface area (Å²) in [5, 5.41) is 0. The van der Waals surface area contributed by atoms with E-state index >= 15 is 0 Å². The topological polar surface area (TPSA) is 23.6 Å². The van der Waals surface area contributed by atoms with Crippen molar-refractivity contribution >= 4 is 17.4 Å². The molecule has 0 aromatic carbocycles. The van der Waals surface area contributed by atoms with E-state index in [4.69, 9.17) is 11.6 Å². The Balaban J connectivity index is 2.35. The summed E-state index contributed by atoms with van der Waals surface area (Å²) < 4.78 is 0. The van der Waals surface area contributed by atoms with Crippen molar-refractivity contribution in [2.24, 2.45) is 0 Å². The molecule has 34 heavy (non-hydrogen) atoms. The number of hydrogen-bond donors (Lipinski definition) is 0. The number of hydrogen-bond acceptors (Lipinski definition) is 3. The molecule has 1 heterocycles. The van der Waals surface area contributed by atoms with Crippen molar-refractivity contribution in [2.75, 3.05) is 38.6 Å². The van der Waals surface area contributed by atoms with E-state index in [1.54, 1.807) is 6.92 Å². The van der Waals surface area contributed by atoms with Gasteiger partial charge in [-0.1, -0.05) is 46.6 Å². The number of alkyl halides is 1. The number of ketones is 1. The molecular weight excluding hydrogens is 440 g/mol. The Morgan fingerprint density at radius 3 is 1.88 bits per heavy atom. The smallest absolute Gasteiger partial charge is 0.148 e. The number of carbonyl (C=O) groups excluding carboxylic acids is 1. The van der Waals surface area contributed by atoms with Gasteiger partial charge in [-0.2, -0.15) is 0 Å². The fourth-order valence-electron chi connectivity index (χ4n) is 4.38. The predicted molar refractivity (Wildman–Crippen MR) is 151 cm³/mol. The van der Waals surface area contributed by atoms with Crippen molar-refractivity contribution < 1.29 is 4.79 Å². The Hall–Kier alpha value is -1.16. The van der Waals surface area contributed by atoms with Crippen molar-refractivity contribution in [3.63, 3.8) is 0 Å². The largest absolute Gasteiger partial charge is 0.298 e. The lowest BCUT2D eigenvalue weighted by molar-refractivity contribution is -0.124. The Labute approximate surface area is 216 Å². The molecule has 0 aromatic rings. The molecule has 4 heteroatoms. The molecule has 1 atom stereocenters. The van der Waals surface area contributed by atoms with Crippen LogP contribution in [0.5, 0.6) is 0 Å². The van der Waals surface area contributed by atoms with Crippen LogP contribution in [-0.2, 0) is 4.79 Å². The molecule has 1 aliphatic rings. The van der Waals surface area contributed by atoms with Gasteiger partial charge in [-0.3, -0.25) is 14.6 Å². The maximum atomic E-state index is 12.2. The highest BCUT2D eigenvalue weighted by atomic mass is 35.5. The highest BCUT2D eigenvalue weighted by Crippen LogP contribution is 2.15. The van der Waals surface area contributed by atoms with E-state index in [0.717, 1.165) is 77.7 Å². The van der Waals surface area contributed by atoms with Crippen molar-refractivity contribution in [2.45, 2.75) is 99.0 Å². The molecule has 1 rings (SSSR count). The third-order valence-corrected chi connectivity index (χ3v) is 6.99. The normalized spacial score (nSPS) is 18.9. The maximum Gasteiger partial charge on any atom is 0.148 e. The van der Waals surface area contributed by atoms with Gasteiger partial charge in [-0.25, -0.2) is 0 Å². The zero-order valence-corrected chi connectivity index (χ0v) is 23.7. The number of piperazine rings is 1. The molecule has 0 aromatic heterocycles. The Morgan fingerprint density at radius 1 is 0.794 bits per heavy atom. The number of Topliss-reactive ketones (excluding diaryl/α,β-unsaturated/α-hetero) is 1. The van der Waals surface area contributed by atoms with Crippen LogP contribution in [-0.4, -0.2) is 60.2 Å². The van der Waals surface area contributed by atoms with Crippen LogP contribution in [0.1, 0.15) is 92.9 Å². The summed E-state index contributed by atoms with van der Waals surface area (Å²) in [5.41, 5.74) is 5.86. The minimum absolute atomic E-state index is 0.0354. The van der Waals surface area contributed by atoms with E-state index in [9.17, 15) is 4.79 Å². The summed E-state index contributed by atoms with van der Waals surface area (Å²) in [7, 11) is 0. The number of halogens is 1. The van der Waals surface area contributed by atoms with Gasteiger partial charge in [0.2, 0.25) is 0 Å². The fourth-order valence-corrected chi connectivity index (χ4v) is 4.57. The summed E-state index contributed by atoms with van der Waals surface area (Å²) in [5.74, 6) is 0.992. The molecule has 0 saturated carbocycles. The van der Waals surface area contributed by atoms with Crippen LogP contribution >= 0.6 is 11.6 Å². The molecule has 1 saturated heterocycles. The number of rotatable bonds is 16. The SMILES string of the molecule is CC(=O)C1CN(C/C=C(\C)CC/C=C(\C)CC/C=C(\C)CCC=C(C)C)CCN1CCCCCl. The van der Waals surface area contributed by atoms with Crippen LogP contribution in [0.15, 0.2) is 46.6 Å². The molecule has 0 aliphatic carbocycles. The average molecular weight is 491 g/mol. The summed E-state index contributed by atoms with van der Waals surface area (Å²) >= 11 is 5.81. The molecule has 1 unspecified atom stereocenters. The van der Waals surface area contributed by atoms with E-state index in [0.29, 0.717) is 5.88 Å². The second-order valence-electron chi connectivity index (χ2n) is 10.4. The zero-order valence-electron chi connectivity index (χ0n) is 23.0. The van der Waals surface area contributed by atoms with Crippen molar-refractivity contribution in [1.29, 1.82) is 0 Å². The number of carbonyl (C=O) groups is 1. The molecule has 194 valence electrons. The van der Waals surface area contributed by atoms with Crippen LogP contribution in [0, 0.1) is 0 Å². The molecule has 0 bridgehead atoms. The Bertz CT molecular complexity index is 715. The first kappa shape index (κ1) is 30.9. The minimum atomic E-state index is 0.0354. The monoisotopic (exact) mass is 490 g/mol. The molecule has 0 N–H and O–H groups in total. The van der Waals surface area contributed by atoms with Gasteiger partial charge >= 0.3 is 0 Å². The highest BCUT2D eigenvalue weighted by molar-refractivity contribution is 6.17. The van der Waals surface area contributed by atoms with E-state index in [1.165, 1.54) is 28.7 Å². The van der Waals surface area contributed by atoms with E-state index < -0.39 is 0 Å². The molecule has 0 amide bonds. The van der Waals surface area contributed by atoms with Gasteiger partial charge in [-0.15, -0.1) is 11.6 Å². The number of nitrogens with zero attached hydrogens (tertiary/aromatic N) is 2. The van der Waals surface area contributed by atoms with Gasteiger partial charge in [-0.05, 0) is 99.5 Å². The lowest BCUT2D eigenvalue weighted by atomic mass is 10.0. The Morgan fingerprint density at radius 2 is 1.35 bits per heavy atom. The third-order valence-electron chi connectivity index (χ3n) is 6.73. The van der Waals surface area contributed by atoms with E-state index in [2.05, 4.69) is 68.7 Å². The minimum Gasteiger partial charge on any atom is -0.298 e. The predicted octanol–water partition coefficient (Wildman–Crippen LogP) is 7.73. The number of allylic oxidation sites excluding steroid dienone is 7. The maximum absolute atomic E-state index is 12.2. The second kappa shape index (κ2) is 18.2. The molecule has 3 nitrogen and oxygen atoms in total. The molecule has 1 fully saturated rings. The van der Waals surface area contributed by atoms with Gasteiger partial charge in [0.1, 0.15) is 5.78 Å². The van der Waals surface area contributed by atoms with Crippen molar-refractivity contribution in [1.82, 2.24) is 9.80 Å². The lowest BCUT2D eigenvalue weighted by Gasteiger charge is -2.40. The average Bonchev–Trinajstić information content (AvgIpc) is 2.78. The third kappa shape index (κ3) is 14.3. The van der Waals surface area contributed by atoms with E-state index in [1.807, 2.05) is 0 Å². The summed E-state index contributed by atoms with van der Waals surface area (Å²) in [4.78, 5) is 17.0. The van der Waals surface area contributed by atoms with Gasteiger partial charge < -0.3 is 0 Å². The van der Waals surface area contributed by atoms with Crippen LogP contribution in [0.3, 0.4) is 0 Å². The first-order valence-corrected chi connectivity index (χ1v) is 13.9. The molecule has 1 aliphatic heterocycles. The van der Waals surface area contributed by atoms with Gasteiger partial charge in [0.25, 0.3) is 0 Å².